The molecule has 0 atom stereocenters. The van der Waals surface area contributed by atoms with E-state index in [1.54, 1.807) is 13.0 Å². The first-order valence-electron chi connectivity index (χ1n) is 8.62. The molecule has 3 aromatic carbocycles. The maximum absolute atomic E-state index is 14.2. The highest BCUT2D eigenvalue weighted by Gasteiger charge is 2.14. The molecule has 0 saturated heterocycles. The van der Waals surface area contributed by atoms with Gasteiger partial charge >= 0.3 is 5.97 Å². The van der Waals surface area contributed by atoms with Crippen molar-refractivity contribution in [1.82, 2.24) is 0 Å². The summed E-state index contributed by atoms with van der Waals surface area (Å²) >= 11 is 3.40. The molecule has 142 valence electrons. The number of anilines is 1. The number of carbonyl (C=O) groups excluding carboxylic acids is 2. The van der Waals surface area contributed by atoms with Gasteiger partial charge in [-0.1, -0.05) is 46.3 Å². The van der Waals surface area contributed by atoms with E-state index in [-0.39, 0.29) is 12.3 Å². The van der Waals surface area contributed by atoms with E-state index < -0.39 is 17.7 Å². The van der Waals surface area contributed by atoms with Crippen molar-refractivity contribution in [3.8, 4) is 0 Å². The molecule has 0 aliphatic rings. The van der Waals surface area contributed by atoms with Gasteiger partial charge in [0, 0.05) is 16.1 Å². The molecule has 1 amide bonds. The standard InChI is InChI=1S/C22H17BrFNO3/c1-2-28-21(26)10-8-14-7-9-19(24)20(11-14)25-22(27)18-13-16(23)12-15-5-3-4-6-17(15)18/h3-13H,2H2,1H3,(H,25,27)/b10-8+. The van der Waals surface area contributed by atoms with Crippen molar-refractivity contribution in [2.45, 2.75) is 6.92 Å². The number of benzene rings is 3. The molecular weight excluding hydrogens is 425 g/mol. The molecule has 1 N–H and O–H groups in total. The first kappa shape index (κ1) is 19.8. The fourth-order valence-corrected chi connectivity index (χ4v) is 3.22. The third-order valence-corrected chi connectivity index (χ3v) is 4.47. The minimum atomic E-state index is -0.569. The maximum Gasteiger partial charge on any atom is 0.330 e. The van der Waals surface area contributed by atoms with Crippen LogP contribution in [-0.4, -0.2) is 18.5 Å². The fourth-order valence-electron chi connectivity index (χ4n) is 2.75. The molecule has 0 aliphatic carbocycles. The Morgan fingerprint density at radius 3 is 2.71 bits per heavy atom. The number of hydrogen-bond donors (Lipinski definition) is 1. The van der Waals surface area contributed by atoms with Crippen molar-refractivity contribution in [3.63, 3.8) is 0 Å². The first-order valence-corrected chi connectivity index (χ1v) is 9.41. The van der Waals surface area contributed by atoms with Crippen LogP contribution < -0.4 is 5.32 Å². The van der Waals surface area contributed by atoms with Crippen molar-refractivity contribution in [1.29, 1.82) is 0 Å². The summed E-state index contributed by atoms with van der Waals surface area (Å²) in [6, 6.07) is 15.3. The summed E-state index contributed by atoms with van der Waals surface area (Å²) in [4.78, 5) is 24.2. The van der Waals surface area contributed by atoms with Crippen LogP contribution in [0.3, 0.4) is 0 Å². The Hall–Kier alpha value is -2.99. The second-order valence-corrected chi connectivity index (χ2v) is 6.87. The predicted octanol–water partition coefficient (Wildman–Crippen LogP) is 5.57. The monoisotopic (exact) mass is 441 g/mol. The first-order chi connectivity index (χ1) is 13.5. The number of nitrogens with one attached hydrogen (secondary N) is 1. The van der Waals surface area contributed by atoms with E-state index in [0.29, 0.717) is 11.1 Å². The van der Waals surface area contributed by atoms with Gasteiger partial charge in [0.2, 0.25) is 0 Å². The molecule has 28 heavy (non-hydrogen) atoms. The summed E-state index contributed by atoms with van der Waals surface area (Å²) in [5.41, 5.74) is 1.01. The van der Waals surface area contributed by atoms with E-state index in [4.69, 9.17) is 4.74 Å². The number of amides is 1. The van der Waals surface area contributed by atoms with Crippen LogP contribution >= 0.6 is 15.9 Å². The molecule has 0 bridgehead atoms. The zero-order valence-corrected chi connectivity index (χ0v) is 16.6. The molecule has 0 aliphatic heterocycles. The van der Waals surface area contributed by atoms with Gasteiger partial charge in [0.05, 0.1) is 12.3 Å². The van der Waals surface area contributed by atoms with E-state index in [1.165, 1.54) is 30.4 Å². The van der Waals surface area contributed by atoms with Crippen LogP contribution in [0, 0.1) is 5.82 Å². The fraction of sp³-hybridized carbons (Fsp3) is 0.0909. The molecule has 0 spiro atoms. The Balaban J connectivity index is 1.89. The summed E-state index contributed by atoms with van der Waals surface area (Å²) < 4.78 is 19.8. The molecule has 0 radical (unpaired) electrons. The Morgan fingerprint density at radius 1 is 1.14 bits per heavy atom. The van der Waals surface area contributed by atoms with Crippen molar-refractivity contribution in [3.05, 3.63) is 82.1 Å². The van der Waals surface area contributed by atoms with Crippen molar-refractivity contribution >= 4 is 50.3 Å². The molecule has 0 saturated carbocycles. The quantitative estimate of drug-likeness (QED) is 0.415. The van der Waals surface area contributed by atoms with Crippen molar-refractivity contribution < 1.29 is 18.7 Å². The molecule has 0 aromatic heterocycles. The lowest BCUT2D eigenvalue weighted by atomic mass is 10.0. The summed E-state index contributed by atoms with van der Waals surface area (Å²) in [6.07, 6.45) is 2.76. The lowest BCUT2D eigenvalue weighted by Crippen LogP contribution is -2.13. The SMILES string of the molecule is CCOC(=O)/C=C/c1ccc(F)c(NC(=O)c2cc(Br)cc3ccccc23)c1. The van der Waals surface area contributed by atoms with Crippen LogP contribution in [0.15, 0.2) is 65.1 Å². The van der Waals surface area contributed by atoms with Gasteiger partial charge in [-0.05, 0) is 53.6 Å². The lowest BCUT2D eigenvalue weighted by Gasteiger charge is -2.10. The van der Waals surface area contributed by atoms with Gasteiger partial charge in [-0.3, -0.25) is 4.79 Å². The Morgan fingerprint density at radius 2 is 1.93 bits per heavy atom. The second kappa shape index (κ2) is 8.80. The van der Waals surface area contributed by atoms with E-state index in [9.17, 15) is 14.0 Å². The molecule has 0 heterocycles. The Bertz CT molecular complexity index is 1080. The van der Waals surface area contributed by atoms with Gasteiger partial charge in [0.1, 0.15) is 5.82 Å². The Kier molecular flexibility index (Phi) is 6.21. The third kappa shape index (κ3) is 4.64. The highest BCUT2D eigenvalue weighted by Crippen LogP contribution is 2.26. The van der Waals surface area contributed by atoms with Gasteiger partial charge in [-0.15, -0.1) is 0 Å². The molecule has 0 fully saturated rings. The smallest absolute Gasteiger partial charge is 0.330 e. The summed E-state index contributed by atoms with van der Waals surface area (Å²) in [5.74, 6) is -1.48. The van der Waals surface area contributed by atoms with Crippen molar-refractivity contribution in [2.24, 2.45) is 0 Å². The third-order valence-electron chi connectivity index (χ3n) is 4.01. The minimum absolute atomic E-state index is 0.0278. The molecule has 6 heteroatoms. The number of esters is 1. The zero-order valence-electron chi connectivity index (χ0n) is 15.0. The number of ether oxygens (including phenoxy) is 1. The number of carbonyl (C=O) groups is 2. The normalized spacial score (nSPS) is 11.0. The minimum Gasteiger partial charge on any atom is -0.463 e. The van der Waals surface area contributed by atoms with Gasteiger partial charge in [0.25, 0.3) is 5.91 Å². The number of halogens is 2. The summed E-state index contributed by atoms with van der Waals surface area (Å²) in [7, 11) is 0. The van der Waals surface area contributed by atoms with Crippen LogP contribution in [0.5, 0.6) is 0 Å². The van der Waals surface area contributed by atoms with Gasteiger partial charge in [0.15, 0.2) is 0 Å². The van der Waals surface area contributed by atoms with E-state index in [1.807, 2.05) is 30.3 Å². The van der Waals surface area contributed by atoms with Crippen LogP contribution in [0.2, 0.25) is 0 Å². The van der Waals surface area contributed by atoms with E-state index >= 15 is 0 Å². The predicted molar refractivity (Wildman–Crippen MR) is 112 cm³/mol. The van der Waals surface area contributed by atoms with Crippen molar-refractivity contribution in [2.75, 3.05) is 11.9 Å². The van der Waals surface area contributed by atoms with E-state index in [0.717, 1.165) is 15.2 Å². The van der Waals surface area contributed by atoms with Gasteiger partial charge in [-0.25, -0.2) is 9.18 Å². The summed E-state index contributed by atoms with van der Waals surface area (Å²) in [6.45, 7) is 1.98. The van der Waals surface area contributed by atoms with Crippen LogP contribution in [0.4, 0.5) is 10.1 Å². The maximum atomic E-state index is 14.2. The molecule has 3 rings (SSSR count). The topological polar surface area (TPSA) is 55.4 Å². The zero-order chi connectivity index (χ0) is 20.1. The molecule has 4 nitrogen and oxygen atoms in total. The van der Waals surface area contributed by atoms with Crippen LogP contribution in [0.1, 0.15) is 22.8 Å². The van der Waals surface area contributed by atoms with E-state index in [2.05, 4.69) is 21.2 Å². The lowest BCUT2D eigenvalue weighted by molar-refractivity contribution is -0.137. The number of fused-ring (bicyclic) bond motifs is 1. The average Bonchev–Trinajstić information content (AvgIpc) is 2.68. The van der Waals surface area contributed by atoms with Gasteiger partial charge < -0.3 is 10.1 Å². The molecule has 0 unspecified atom stereocenters. The number of rotatable bonds is 5. The largest absolute Gasteiger partial charge is 0.463 e. The highest BCUT2D eigenvalue weighted by atomic mass is 79.9. The highest BCUT2D eigenvalue weighted by molar-refractivity contribution is 9.10. The Labute approximate surface area is 170 Å². The van der Waals surface area contributed by atoms with Crippen LogP contribution in [0.25, 0.3) is 16.8 Å². The summed E-state index contributed by atoms with van der Waals surface area (Å²) in [5, 5.41) is 4.28. The molecule has 3 aromatic rings. The average molecular weight is 442 g/mol. The van der Waals surface area contributed by atoms with Crippen LogP contribution in [-0.2, 0) is 9.53 Å². The van der Waals surface area contributed by atoms with Gasteiger partial charge in [-0.2, -0.15) is 0 Å². The molecular formula is C22H17BrFNO3. The second-order valence-electron chi connectivity index (χ2n) is 5.95. The number of hydrogen-bond acceptors (Lipinski definition) is 3.